The Morgan fingerprint density at radius 2 is 2.00 bits per heavy atom. The van der Waals surface area contributed by atoms with E-state index in [9.17, 15) is 0 Å². The summed E-state index contributed by atoms with van der Waals surface area (Å²) in [5, 5.41) is 6.11. The van der Waals surface area contributed by atoms with Crippen LogP contribution in [0.25, 0.3) is 10.8 Å². The summed E-state index contributed by atoms with van der Waals surface area (Å²) in [5.74, 6) is 0.858. The van der Waals surface area contributed by atoms with Gasteiger partial charge in [0.1, 0.15) is 5.82 Å². The maximum absolute atomic E-state index is 6.28. The lowest BCUT2D eigenvalue weighted by Crippen LogP contribution is -2.15. The average molecular weight is 262 g/mol. The van der Waals surface area contributed by atoms with Gasteiger partial charge in [-0.05, 0) is 31.0 Å². The highest BCUT2D eigenvalue weighted by Crippen LogP contribution is 2.34. The van der Waals surface area contributed by atoms with Crippen LogP contribution in [0.2, 0.25) is 5.02 Å². The molecule has 1 aromatic heterocycles. The molecule has 1 aromatic carbocycles. The van der Waals surface area contributed by atoms with E-state index in [1.54, 1.807) is 6.20 Å². The third-order valence-electron chi connectivity index (χ3n) is 3.61. The summed E-state index contributed by atoms with van der Waals surface area (Å²) in [6.07, 6.45) is 6.78. The van der Waals surface area contributed by atoms with Crippen molar-refractivity contribution < 1.29 is 0 Å². The van der Waals surface area contributed by atoms with E-state index in [2.05, 4.69) is 10.3 Å². The third kappa shape index (κ3) is 1.99. The molecule has 4 heteroatoms. The van der Waals surface area contributed by atoms with Crippen molar-refractivity contribution in [3.05, 3.63) is 29.4 Å². The number of halogens is 1. The highest BCUT2D eigenvalue weighted by Gasteiger charge is 2.17. The summed E-state index contributed by atoms with van der Waals surface area (Å²) in [5.41, 5.74) is 6.73. The fraction of sp³-hybridized carbons (Fsp3) is 0.357. The van der Waals surface area contributed by atoms with Gasteiger partial charge in [0.15, 0.2) is 0 Å². The van der Waals surface area contributed by atoms with E-state index >= 15 is 0 Å². The minimum atomic E-state index is 0.514. The summed E-state index contributed by atoms with van der Waals surface area (Å²) >= 11 is 6.28. The molecule has 1 aliphatic carbocycles. The summed E-state index contributed by atoms with van der Waals surface area (Å²) < 4.78 is 0. The number of hydrogen-bond donors (Lipinski definition) is 2. The Bertz CT molecular complexity index is 577. The molecule has 1 saturated carbocycles. The molecule has 0 aliphatic heterocycles. The van der Waals surface area contributed by atoms with Crippen molar-refractivity contribution in [3.8, 4) is 0 Å². The molecule has 3 nitrogen and oxygen atoms in total. The number of nitrogen functional groups attached to an aromatic ring is 1. The van der Waals surface area contributed by atoms with Crippen molar-refractivity contribution in [1.29, 1.82) is 0 Å². The standard InChI is InChI=1S/C14H16ClN3/c15-11-5-6-12(16)10-7-8-17-14(13(10)11)18-9-3-1-2-4-9/h5-9H,1-4,16H2,(H,17,18). The zero-order valence-corrected chi connectivity index (χ0v) is 10.9. The molecular weight excluding hydrogens is 246 g/mol. The average Bonchev–Trinajstić information content (AvgIpc) is 2.87. The van der Waals surface area contributed by atoms with Gasteiger partial charge in [-0.2, -0.15) is 0 Å². The van der Waals surface area contributed by atoms with E-state index < -0.39 is 0 Å². The Balaban J connectivity index is 2.08. The third-order valence-corrected chi connectivity index (χ3v) is 3.92. The lowest BCUT2D eigenvalue weighted by Gasteiger charge is -2.15. The Hall–Kier alpha value is -1.48. The zero-order chi connectivity index (χ0) is 12.5. The molecule has 0 radical (unpaired) electrons. The van der Waals surface area contributed by atoms with E-state index in [-0.39, 0.29) is 0 Å². The predicted octanol–water partition coefficient (Wildman–Crippen LogP) is 3.82. The summed E-state index contributed by atoms with van der Waals surface area (Å²) in [6.45, 7) is 0. The molecule has 0 spiro atoms. The van der Waals surface area contributed by atoms with E-state index in [1.807, 2.05) is 18.2 Å². The van der Waals surface area contributed by atoms with Crippen LogP contribution in [0.3, 0.4) is 0 Å². The fourth-order valence-electron chi connectivity index (χ4n) is 2.65. The van der Waals surface area contributed by atoms with Crippen LogP contribution in [0.5, 0.6) is 0 Å². The van der Waals surface area contributed by atoms with Crippen LogP contribution in [0.4, 0.5) is 11.5 Å². The molecule has 1 aliphatic rings. The van der Waals surface area contributed by atoms with E-state index in [0.29, 0.717) is 11.1 Å². The van der Waals surface area contributed by atoms with Crippen molar-refractivity contribution in [3.63, 3.8) is 0 Å². The van der Waals surface area contributed by atoms with Crippen LogP contribution in [0, 0.1) is 0 Å². The van der Waals surface area contributed by atoms with Gasteiger partial charge < -0.3 is 11.1 Å². The molecule has 18 heavy (non-hydrogen) atoms. The van der Waals surface area contributed by atoms with Gasteiger partial charge in [-0.25, -0.2) is 4.98 Å². The summed E-state index contributed by atoms with van der Waals surface area (Å²) in [4.78, 5) is 4.42. The molecule has 0 atom stereocenters. The monoisotopic (exact) mass is 261 g/mol. The van der Waals surface area contributed by atoms with E-state index in [4.69, 9.17) is 17.3 Å². The highest BCUT2D eigenvalue weighted by atomic mass is 35.5. The number of aromatic nitrogens is 1. The summed E-state index contributed by atoms with van der Waals surface area (Å²) in [6, 6.07) is 6.10. The van der Waals surface area contributed by atoms with Crippen molar-refractivity contribution in [2.75, 3.05) is 11.1 Å². The molecule has 3 rings (SSSR count). The number of rotatable bonds is 2. The number of benzene rings is 1. The molecule has 0 saturated heterocycles. The fourth-order valence-corrected chi connectivity index (χ4v) is 2.91. The molecule has 0 unspecified atom stereocenters. The van der Waals surface area contributed by atoms with Gasteiger partial charge in [0.05, 0.1) is 5.02 Å². The lowest BCUT2D eigenvalue weighted by molar-refractivity contribution is 0.752. The normalized spacial score (nSPS) is 16.3. The van der Waals surface area contributed by atoms with Gasteiger partial charge in [0.2, 0.25) is 0 Å². The van der Waals surface area contributed by atoms with Gasteiger partial charge in [-0.15, -0.1) is 0 Å². The largest absolute Gasteiger partial charge is 0.398 e. The minimum Gasteiger partial charge on any atom is -0.398 e. The van der Waals surface area contributed by atoms with Crippen LogP contribution < -0.4 is 11.1 Å². The highest BCUT2D eigenvalue weighted by molar-refractivity contribution is 6.37. The molecule has 1 fully saturated rings. The smallest absolute Gasteiger partial charge is 0.135 e. The number of nitrogens with two attached hydrogens (primary N) is 1. The molecule has 0 amide bonds. The van der Waals surface area contributed by atoms with Crippen LogP contribution in [0.1, 0.15) is 25.7 Å². The number of nitrogens with zero attached hydrogens (tertiary/aromatic N) is 1. The van der Waals surface area contributed by atoms with E-state index in [0.717, 1.165) is 22.3 Å². The van der Waals surface area contributed by atoms with Crippen molar-refractivity contribution in [2.45, 2.75) is 31.7 Å². The van der Waals surface area contributed by atoms with Crippen LogP contribution in [-0.4, -0.2) is 11.0 Å². The molecule has 0 bridgehead atoms. The van der Waals surface area contributed by atoms with Gasteiger partial charge in [-0.3, -0.25) is 0 Å². The Morgan fingerprint density at radius 1 is 1.22 bits per heavy atom. The van der Waals surface area contributed by atoms with Crippen molar-refractivity contribution in [1.82, 2.24) is 4.98 Å². The molecule has 2 aromatic rings. The van der Waals surface area contributed by atoms with E-state index in [1.165, 1.54) is 25.7 Å². The molecule has 1 heterocycles. The Labute approximate surface area is 111 Å². The summed E-state index contributed by atoms with van der Waals surface area (Å²) in [7, 11) is 0. The SMILES string of the molecule is Nc1ccc(Cl)c2c(NC3CCCC3)nccc12. The quantitative estimate of drug-likeness (QED) is 0.808. The minimum absolute atomic E-state index is 0.514. The van der Waals surface area contributed by atoms with Gasteiger partial charge in [0.25, 0.3) is 0 Å². The maximum atomic E-state index is 6.28. The second-order valence-electron chi connectivity index (χ2n) is 4.84. The first-order valence-corrected chi connectivity index (χ1v) is 6.73. The Kier molecular flexibility index (Phi) is 3.00. The number of fused-ring (bicyclic) bond motifs is 1. The number of nitrogens with one attached hydrogen (secondary N) is 1. The van der Waals surface area contributed by atoms with Crippen molar-refractivity contribution in [2.24, 2.45) is 0 Å². The second kappa shape index (κ2) is 4.65. The van der Waals surface area contributed by atoms with Gasteiger partial charge in [-0.1, -0.05) is 24.4 Å². The van der Waals surface area contributed by atoms with Gasteiger partial charge in [0, 0.05) is 28.7 Å². The van der Waals surface area contributed by atoms with Crippen LogP contribution in [-0.2, 0) is 0 Å². The number of hydrogen-bond acceptors (Lipinski definition) is 3. The first kappa shape index (κ1) is 11.6. The predicted molar refractivity (Wildman–Crippen MR) is 77.0 cm³/mol. The second-order valence-corrected chi connectivity index (χ2v) is 5.25. The van der Waals surface area contributed by atoms with Gasteiger partial charge >= 0.3 is 0 Å². The van der Waals surface area contributed by atoms with Crippen LogP contribution in [0.15, 0.2) is 24.4 Å². The number of pyridine rings is 1. The molecular formula is C14H16ClN3. The maximum Gasteiger partial charge on any atom is 0.135 e. The molecule has 94 valence electrons. The Morgan fingerprint density at radius 3 is 2.78 bits per heavy atom. The van der Waals surface area contributed by atoms with Crippen molar-refractivity contribution >= 4 is 33.9 Å². The first-order chi connectivity index (χ1) is 8.75. The number of anilines is 2. The van der Waals surface area contributed by atoms with Crippen LogP contribution >= 0.6 is 11.6 Å². The topological polar surface area (TPSA) is 50.9 Å². The first-order valence-electron chi connectivity index (χ1n) is 6.35. The zero-order valence-electron chi connectivity index (χ0n) is 10.1. The molecule has 3 N–H and O–H groups in total. The lowest BCUT2D eigenvalue weighted by atomic mass is 10.1.